The van der Waals surface area contributed by atoms with E-state index in [1.165, 1.54) is 5.56 Å². The number of hydrogen-bond donors (Lipinski definition) is 1. The molecule has 0 aliphatic carbocycles. The number of rotatable bonds is 4. The van der Waals surface area contributed by atoms with Crippen LogP contribution in [0.2, 0.25) is 0 Å². The number of carbonyl (C=O) groups is 1. The van der Waals surface area contributed by atoms with Gasteiger partial charge in [0.1, 0.15) is 0 Å². The summed E-state index contributed by atoms with van der Waals surface area (Å²) < 4.78 is 0.126. The summed E-state index contributed by atoms with van der Waals surface area (Å²) in [5.74, 6) is 1.55. The second-order valence-electron chi connectivity index (χ2n) is 6.71. The number of hydrogen-bond acceptors (Lipinski definition) is 3. The highest BCUT2D eigenvalue weighted by atomic mass is 35.5. The third-order valence-electron chi connectivity index (χ3n) is 3.95. The minimum atomic E-state index is 0. The van der Waals surface area contributed by atoms with Crippen LogP contribution in [0.4, 0.5) is 0 Å². The van der Waals surface area contributed by atoms with Gasteiger partial charge in [-0.1, -0.05) is 51.1 Å². The molecular formula is C17H27ClN2OS. The summed E-state index contributed by atoms with van der Waals surface area (Å²) in [7, 11) is 0. The molecule has 1 fully saturated rings. The molecule has 1 aliphatic heterocycles. The van der Waals surface area contributed by atoms with Crippen molar-refractivity contribution in [3.05, 3.63) is 35.9 Å². The Kier molecular flexibility index (Phi) is 7.23. The first-order chi connectivity index (χ1) is 9.90. The van der Waals surface area contributed by atoms with E-state index in [0.29, 0.717) is 24.1 Å². The van der Waals surface area contributed by atoms with Gasteiger partial charge in [0, 0.05) is 23.8 Å². The quantitative estimate of drug-likeness (QED) is 0.914. The van der Waals surface area contributed by atoms with E-state index in [-0.39, 0.29) is 23.1 Å². The average molecular weight is 343 g/mol. The molecule has 0 spiro atoms. The van der Waals surface area contributed by atoms with Crippen LogP contribution < -0.4 is 5.73 Å². The Balaban J connectivity index is 0.00000242. The van der Waals surface area contributed by atoms with Crippen molar-refractivity contribution < 1.29 is 4.79 Å². The van der Waals surface area contributed by atoms with Gasteiger partial charge in [0.25, 0.3) is 0 Å². The topological polar surface area (TPSA) is 46.3 Å². The number of nitrogens with two attached hydrogens (primary N) is 1. The minimum Gasteiger partial charge on any atom is -0.341 e. The number of carbonyl (C=O) groups excluding carboxylic acids is 1. The molecule has 124 valence electrons. The lowest BCUT2D eigenvalue weighted by atomic mass is 9.89. The predicted octanol–water partition coefficient (Wildman–Crippen LogP) is 3.14. The Morgan fingerprint density at radius 2 is 1.91 bits per heavy atom. The van der Waals surface area contributed by atoms with Gasteiger partial charge in [-0.3, -0.25) is 4.79 Å². The maximum Gasteiger partial charge on any atom is 0.232 e. The summed E-state index contributed by atoms with van der Waals surface area (Å²) in [5, 5.41) is 0. The number of nitrogens with zero attached hydrogens (tertiary/aromatic N) is 1. The summed E-state index contributed by atoms with van der Waals surface area (Å²) in [4.78, 5) is 14.4. The summed E-state index contributed by atoms with van der Waals surface area (Å²) >= 11 is 1.71. The Morgan fingerprint density at radius 3 is 2.45 bits per heavy atom. The molecule has 0 bridgehead atoms. The second-order valence-corrected chi connectivity index (χ2v) is 8.51. The van der Waals surface area contributed by atoms with Gasteiger partial charge in [-0.25, -0.2) is 0 Å². The number of halogens is 1. The zero-order valence-electron chi connectivity index (χ0n) is 13.6. The van der Waals surface area contributed by atoms with Crippen LogP contribution in [0.1, 0.15) is 32.3 Å². The fraction of sp³-hybridized carbons (Fsp3) is 0.588. The first kappa shape index (κ1) is 19.3. The minimum absolute atomic E-state index is 0. The van der Waals surface area contributed by atoms with Crippen molar-refractivity contribution in [2.75, 3.05) is 25.4 Å². The molecule has 1 saturated heterocycles. The maximum absolute atomic E-state index is 12.4. The van der Waals surface area contributed by atoms with Crippen molar-refractivity contribution in [3.63, 3.8) is 0 Å². The number of benzene rings is 1. The van der Waals surface area contributed by atoms with Crippen LogP contribution in [-0.2, 0) is 4.79 Å². The first-order valence-corrected chi connectivity index (χ1v) is 8.56. The van der Waals surface area contributed by atoms with E-state index in [4.69, 9.17) is 5.73 Å². The highest BCUT2D eigenvalue weighted by molar-refractivity contribution is 8.01. The van der Waals surface area contributed by atoms with Crippen LogP contribution >= 0.6 is 24.2 Å². The molecule has 1 amide bonds. The Hall–Kier alpha value is -0.710. The molecule has 0 saturated carbocycles. The van der Waals surface area contributed by atoms with Crippen molar-refractivity contribution in [1.82, 2.24) is 4.90 Å². The maximum atomic E-state index is 12.4. The molecule has 3 nitrogen and oxygen atoms in total. The molecule has 1 heterocycles. The lowest BCUT2D eigenvalue weighted by molar-refractivity contribution is -0.127. The Bertz CT molecular complexity index is 475. The normalized spacial score (nSPS) is 21.5. The summed E-state index contributed by atoms with van der Waals surface area (Å²) in [6.45, 7) is 8.66. The largest absolute Gasteiger partial charge is 0.341 e. The van der Waals surface area contributed by atoms with Gasteiger partial charge in [0.15, 0.2) is 0 Å². The predicted molar refractivity (Wildman–Crippen MR) is 97.8 cm³/mol. The third kappa shape index (κ3) is 5.18. The standard InChI is InChI=1S/C17H26N2OS.ClH/c1-17(2,3)21-12-16(20)19-10-14(9-18)15(11-19)13-7-5-4-6-8-13;/h4-8,14-15H,9-12,18H2,1-3H3;1H/t14-,15+;/m1./s1. The van der Waals surface area contributed by atoms with Crippen molar-refractivity contribution in [2.45, 2.75) is 31.4 Å². The molecule has 2 N–H and O–H groups in total. The van der Waals surface area contributed by atoms with Gasteiger partial charge in [0.05, 0.1) is 5.75 Å². The van der Waals surface area contributed by atoms with Crippen molar-refractivity contribution in [2.24, 2.45) is 11.7 Å². The van der Waals surface area contributed by atoms with Gasteiger partial charge >= 0.3 is 0 Å². The lowest BCUT2D eigenvalue weighted by Gasteiger charge is -2.21. The second kappa shape index (κ2) is 8.23. The summed E-state index contributed by atoms with van der Waals surface area (Å²) in [5.41, 5.74) is 7.22. The van der Waals surface area contributed by atoms with Crippen molar-refractivity contribution in [1.29, 1.82) is 0 Å². The van der Waals surface area contributed by atoms with E-state index in [0.717, 1.165) is 13.1 Å². The monoisotopic (exact) mass is 342 g/mol. The van der Waals surface area contributed by atoms with E-state index in [1.54, 1.807) is 11.8 Å². The van der Waals surface area contributed by atoms with Crippen molar-refractivity contribution >= 4 is 30.1 Å². The third-order valence-corrected chi connectivity index (χ3v) is 5.21. The molecule has 2 atom stereocenters. The van der Waals surface area contributed by atoms with Gasteiger partial charge in [-0.05, 0) is 18.0 Å². The molecule has 1 aliphatic rings. The fourth-order valence-electron chi connectivity index (χ4n) is 2.76. The molecule has 1 aromatic carbocycles. The summed E-state index contributed by atoms with van der Waals surface area (Å²) in [6, 6.07) is 10.4. The zero-order chi connectivity index (χ0) is 15.5. The zero-order valence-corrected chi connectivity index (χ0v) is 15.3. The highest BCUT2D eigenvalue weighted by Crippen LogP contribution is 2.33. The molecular weight excluding hydrogens is 316 g/mol. The molecule has 2 rings (SSSR count). The van der Waals surface area contributed by atoms with Crippen LogP contribution in [0.3, 0.4) is 0 Å². The van der Waals surface area contributed by atoms with Crippen LogP contribution in [-0.4, -0.2) is 40.9 Å². The SMILES string of the molecule is CC(C)(C)SCC(=O)N1C[C@@H](CN)[C@H](c2ccccc2)C1.Cl. The van der Waals surface area contributed by atoms with Gasteiger partial charge < -0.3 is 10.6 Å². The van der Waals surface area contributed by atoms with E-state index < -0.39 is 0 Å². The lowest BCUT2D eigenvalue weighted by Crippen LogP contribution is -2.32. The molecule has 0 radical (unpaired) electrons. The van der Waals surface area contributed by atoms with Crippen LogP contribution in [0.25, 0.3) is 0 Å². The first-order valence-electron chi connectivity index (χ1n) is 7.57. The smallest absolute Gasteiger partial charge is 0.232 e. The molecule has 0 aromatic heterocycles. The van der Waals surface area contributed by atoms with E-state index in [9.17, 15) is 4.79 Å². The van der Waals surface area contributed by atoms with Gasteiger partial charge in [-0.15, -0.1) is 24.2 Å². The fourth-order valence-corrected chi connectivity index (χ4v) is 3.50. The van der Waals surface area contributed by atoms with Crippen LogP contribution in [0.5, 0.6) is 0 Å². The molecule has 5 heteroatoms. The molecule has 22 heavy (non-hydrogen) atoms. The average Bonchev–Trinajstić information content (AvgIpc) is 2.89. The van der Waals surface area contributed by atoms with E-state index in [2.05, 4.69) is 45.0 Å². The van der Waals surface area contributed by atoms with Crippen LogP contribution in [0.15, 0.2) is 30.3 Å². The summed E-state index contributed by atoms with van der Waals surface area (Å²) in [6.07, 6.45) is 0. The van der Waals surface area contributed by atoms with E-state index in [1.807, 2.05) is 11.0 Å². The Morgan fingerprint density at radius 1 is 1.27 bits per heavy atom. The number of likely N-dealkylation sites (tertiary alicyclic amines) is 1. The highest BCUT2D eigenvalue weighted by Gasteiger charge is 2.35. The number of amides is 1. The van der Waals surface area contributed by atoms with Gasteiger partial charge in [0.2, 0.25) is 5.91 Å². The van der Waals surface area contributed by atoms with Crippen LogP contribution in [0, 0.1) is 5.92 Å². The molecule has 1 aromatic rings. The Labute approximate surface area is 144 Å². The van der Waals surface area contributed by atoms with Crippen molar-refractivity contribution in [3.8, 4) is 0 Å². The number of thioether (sulfide) groups is 1. The van der Waals surface area contributed by atoms with Gasteiger partial charge in [-0.2, -0.15) is 0 Å². The van der Waals surface area contributed by atoms with E-state index >= 15 is 0 Å². The molecule has 0 unspecified atom stereocenters.